The van der Waals surface area contributed by atoms with Crippen LogP contribution in [0.4, 0.5) is 0 Å². The van der Waals surface area contributed by atoms with E-state index in [9.17, 15) is 4.79 Å². The van der Waals surface area contributed by atoms with Gasteiger partial charge in [-0.15, -0.1) is 0 Å². The number of carbonyl (C=O) groups excluding carboxylic acids is 1. The predicted molar refractivity (Wildman–Crippen MR) is 95.8 cm³/mol. The first-order valence-corrected chi connectivity index (χ1v) is 9.75. The van der Waals surface area contributed by atoms with Crippen molar-refractivity contribution < 1.29 is 4.79 Å². The van der Waals surface area contributed by atoms with Crippen LogP contribution in [0.3, 0.4) is 0 Å². The highest BCUT2D eigenvalue weighted by atomic mass is 16.2. The first-order valence-electron chi connectivity index (χ1n) is 9.75. The van der Waals surface area contributed by atoms with E-state index in [0.717, 1.165) is 19.5 Å². The number of likely N-dealkylation sites (tertiary alicyclic amines) is 2. The molecule has 2 fully saturated rings. The molecule has 1 amide bonds. The number of amides is 1. The van der Waals surface area contributed by atoms with Crippen LogP contribution in [0.5, 0.6) is 0 Å². The summed E-state index contributed by atoms with van der Waals surface area (Å²) in [6, 6.07) is 2.46. The van der Waals surface area contributed by atoms with Crippen LogP contribution in [0.2, 0.25) is 0 Å². The predicted octanol–water partition coefficient (Wildman–Crippen LogP) is 3.09. The second-order valence-corrected chi connectivity index (χ2v) is 7.49. The van der Waals surface area contributed by atoms with Crippen LogP contribution in [0, 0.1) is 0 Å². The number of hydrogen-bond donors (Lipinski definition) is 0. The SMILES string of the molecule is CC(CC(=O)N1CCCCC1CN1CCCCCC1)n1cccn1. The average Bonchev–Trinajstić information content (AvgIpc) is 3.01. The van der Waals surface area contributed by atoms with Gasteiger partial charge in [0.1, 0.15) is 0 Å². The summed E-state index contributed by atoms with van der Waals surface area (Å²) in [5.41, 5.74) is 0. The van der Waals surface area contributed by atoms with Crippen molar-refractivity contribution in [1.82, 2.24) is 19.6 Å². The Morgan fingerprint density at radius 3 is 2.58 bits per heavy atom. The van der Waals surface area contributed by atoms with E-state index >= 15 is 0 Å². The summed E-state index contributed by atoms with van der Waals surface area (Å²) in [5.74, 6) is 0.303. The van der Waals surface area contributed by atoms with Gasteiger partial charge in [-0.05, 0) is 58.2 Å². The van der Waals surface area contributed by atoms with Gasteiger partial charge in [-0.25, -0.2) is 0 Å². The molecule has 2 aliphatic rings. The molecule has 0 N–H and O–H groups in total. The summed E-state index contributed by atoms with van der Waals surface area (Å²) < 4.78 is 1.89. The van der Waals surface area contributed by atoms with Crippen molar-refractivity contribution in [3.05, 3.63) is 18.5 Å². The molecule has 134 valence electrons. The van der Waals surface area contributed by atoms with E-state index in [1.807, 2.05) is 16.9 Å². The van der Waals surface area contributed by atoms with Gasteiger partial charge in [-0.2, -0.15) is 5.10 Å². The number of nitrogens with zero attached hydrogens (tertiary/aromatic N) is 4. The first-order chi connectivity index (χ1) is 11.7. The van der Waals surface area contributed by atoms with Gasteiger partial charge < -0.3 is 9.80 Å². The van der Waals surface area contributed by atoms with Gasteiger partial charge in [0.2, 0.25) is 5.91 Å². The van der Waals surface area contributed by atoms with Crippen LogP contribution in [0.15, 0.2) is 18.5 Å². The molecule has 3 heterocycles. The minimum Gasteiger partial charge on any atom is -0.338 e. The Hall–Kier alpha value is -1.36. The van der Waals surface area contributed by atoms with Gasteiger partial charge in [-0.1, -0.05) is 12.8 Å². The van der Waals surface area contributed by atoms with Gasteiger partial charge in [-0.3, -0.25) is 9.48 Å². The Kier molecular flexibility index (Phi) is 6.30. The fraction of sp³-hybridized carbons (Fsp3) is 0.789. The minimum absolute atomic E-state index is 0.133. The highest BCUT2D eigenvalue weighted by Gasteiger charge is 2.29. The maximum absolute atomic E-state index is 12.9. The lowest BCUT2D eigenvalue weighted by Gasteiger charge is -2.39. The molecule has 0 aliphatic carbocycles. The van der Waals surface area contributed by atoms with Crippen molar-refractivity contribution in [3.63, 3.8) is 0 Å². The van der Waals surface area contributed by atoms with Crippen molar-refractivity contribution in [2.75, 3.05) is 26.2 Å². The Labute approximate surface area is 146 Å². The summed E-state index contributed by atoms with van der Waals surface area (Å²) in [5, 5.41) is 4.28. The van der Waals surface area contributed by atoms with Crippen LogP contribution in [-0.2, 0) is 4.79 Å². The fourth-order valence-corrected chi connectivity index (χ4v) is 4.14. The van der Waals surface area contributed by atoms with Crippen molar-refractivity contribution in [1.29, 1.82) is 0 Å². The summed E-state index contributed by atoms with van der Waals surface area (Å²) in [6.07, 6.45) is 13.2. The van der Waals surface area contributed by atoms with Crippen molar-refractivity contribution in [2.24, 2.45) is 0 Å². The third kappa shape index (κ3) is 4.59. The number of carbonyl (C=O) groups is 1. The molecule has 24 heavy (non-hydrogen) atoms. The van der Waals surface area contributed by atoms with E-state index in [0.29, 0.717) is 18.4 Å². The molecule has 0 spiro atoms. The highest BCUT2D eigenvalue weighted by molar-refractivity contribution is 5.77. The summed E-state index contributed by atoms with van der Waals surface area (Å²) in [4.78, 5) is 17.7. The molecule has 1 aromatic heterocycles. The quantitative estimate of drug-likeness (QED) is 0.832. The summed E-state index contributed by atoms with van der Waals surface area (Å²) in [7, 11) is 0. The lowest BCUT2D eigenvalue weighted by molar-refractivity contribution is -0.136. The third-order valence-electron chi connectivity index (χ3n) is 5.56. The smallest absolute Gasteiger partial charge is 0.225 e. The van der Waals surface area contributed by atoms with E-state index in [1.165, 1.54) is 51.6 Å². The molecule has 2 saturated heterocycles. The zero-order chi connectivity index (χ0) is 16.8. The Morgan fingerprint density at radius 1 is 1.12 bits per heavy atom. The number of hydrogen-bond acceptors (Lipinski definition) is 3. The fourth-order valence-electron chi connectivity index (χ4n) is 4.14. The molecule has 3 rings (SSSR count). The van der Waals surface area contributed by atoms with E-state index in [1.54, 1.807) is 6.20 Å². The maximum Gasteiger partial charge on any atom is 0.225 e. The third-order valence-corrected chi connectivity index (χ3v) is 5.56. The molecule has 0 bridgehead atoms. The van der Waals surface area contributed by atoms with Gasteiger partial charge in [0, 0.05) is 37.9 Å². The van der Waals surface area contributed by atoms with Gasteiger partial charge in [0.05, 0.1) is 6.04 Å². The molecule has 2 atom stereocenters. The summed E-state index contributed by atoms with van der Waals surface area (Å²) in [6.45, 7) is 6.51. The van der Waals surface area contributed by atoms with Gasteiger partial charge in [0.15, 0.2) is 0 Å². The topological polar surface area (TPSA) is 41.4 Å². The average molecular weight is 332 g/mol. The van der Waals surface area contributed by atoms with Crippen LogP contribution >= 0.6 is 0 Å². The first kappa shape index (κ1) is 17.5. The monoisotopic (exact) mass is 332 g/mol. The second-order valence-electron chi connectivity index (χ2n) is 7.49. The molecular formula is C19H32N4O. The number of rotatable bonds is 5. The molecule has 5 heteroatoms. The zero-order valence-electron chi connectivity index (χ0n) is 15.1. The summed E-state index contributed by atoms with van der Waals surface area (Å²) >= 11 is 0. The van der Waals surface area contributed by atoms with E-state index in [2.05, 4.69) is 21.8 Å². The largest absolute Gasteiger partial charge is 0.338 e. The molecule has 5 nitrogen and oxygen atoms in total. The van der Waals surface area contributed by atoms with E-state index < -0.39 is 0 Å². The zero-order valence-corrected chi connectivity index (χ0v) is 15.1. The normalized spacial score (nSPS) is 24.5. The lowest BCUT2D eigenvalue weighted by atomic mass is 10.00. The molecule has 1 aromatic rings. The van der Waals surface area contributed by atoms with E-state index in [-0.39, 0.29) is 6.04 Å². The van der Waals surface area contributed by atoms with Crippen LogP contribution in [-0.4, -0.2) is 57.7 Å². The molecule has 0 aromatic carbocycles. The van der Waals surface area contributed by atoms with Crippen LogP contribution in [0.1, 0.15) is 64.3 Å². The highest BCUT2D eigenvalue weighted by Crippen LogP contribution is 2.22. The Balaban J connectivity index is 1.57. The number of aromatic nitrogens is 2. The standard InChI is InChI=1S/C19H32N4O/c1-17(23-14-8-10-20-23)15-19(24)22-13-7-4-9-18(22)16-21-11-5-2-3-6-12-21/h8,10,14,17-18H,2-7,9,11-13,15-16H2,1H3. The minimum atomic E-state index is 0.133. The Bertz CT molecular complexity index is 493. The van der Waals surface area contributed by atoms with Gasteiger partial charge in [0.25, 0.3) is 0 Å². The van der Waals surface area contributed by atoms with Crippen molar-refractivity contribution >= 4 is 5.91 Å². The second kappa shape index (κ2) is 8.65. The molecule has 0 radical (unpaired) electrons. The van der Waals surface area contributed by atoms with E-state index in [4.69, 9.17) is 0 Å². The number of piperidine rings is 1. The Morgan fingerprint density at radius 2 is 1.88 bits per heavy atom. The maximum atomic E-state index is 12.9. The molecule has 2 unspecified atom stereocenters. The molecular weight excluding hydrogens is 300 g/mol. The van der Waals surface area contributed by atoms with Crippen molar-refractivity contribution in [2.45, 2.75) is 70.4 Å². The molecule has 2 aliphatic heterocycles. The molecule has 0 saturated carbocycles. The van der Waals surface area contributed by atoms with Crippen LogP contribution in [0.25, 0.3) is 0 Å². The van der Waals surface area contributed by atoms with Gasteiger partial charge >= 0.3 is 0 Å². The van der Waals surface area contributed by atoms with Crippen LogP contribution < -0.4 is 0 Å². The van der Waals surface area contributed by atoms with Crippen molar-refractivity contribution in [3.8, 4) is 0 Å². The lowest BCUT2D eigenvalue weighted by Crippen LogP contribution is -2.50.